The zero-order chi connectivity index (χ0) is 27.0. The standard InChI is InChI=1S/C31H36F3N3O/c1-3-29(4-2,23-13-15-24(16-14-23)31(32,33)34)20-27(38)25-21-35-37-28(25)36-26(22-11-7-5-8-12-22)19-30(37)17-9-6-10-18-30/h5,7-8,11-16,21,26,36H,3-4,6,9-10,17-20H2,1-2H3. The molecule has 2 aromatic carbocycles. The topological polar surface area (TPSA) is 46.9 Å². The molecule has 0 bridgehead atoms. The number of fused-ring (bicyclic) bond motifs is 2. The molecule has 2 heterocycles. The summed E-state index contributed by atoms with van der Waals surface area (Å²) in [7, 11) is 0. The third-order valence-corrected chi connectivity index (χ3v) is 9.08. The number of nitrogens with zero attached hydrogens (tertiary/aromatic N) is 2. The molecule has 1 aliphatic heterocycles. The molecular weight excluding hydrogens is 487 g/mol. The van der Waals surface area contributed by atoms with Crippen molar-refractivity contribution >= 4 is 11.6 Å². The lowest BCUT2D eigenvalue weighted by atomic mass is 9.71. The third-order valence-electron chi connectivity index (χ3n) is 9.08. The van der Waals surface area contributed by atoms with Crippen LogP contribution in [0.25, 0.3) is 0 Å². The minimum absolute atomic E-state index is 0.0259. The highest BCUT2D eigenvalue weighted by Crippen LogP contribution is 2.48. The lowest BCUT2D eigenvalue weighted by Gasteiger charge is -2.45. The van der Waals surface area contributed by atoms with Gasteiger partial charge in [0, 0.05) is 11.8 Å². The fraction of sp³-hybridized carbons (Fsp3) is 0.484. The Morgan fingerprint density at radius 1 is 0.974 bits per heavy atom. The number of benzene rings is 2. The first kappa shape index (κ1) is 26.5. The van der Waals surface area contributed by atoms with Crippen LogP contribution in [0.15, 0.2) is 60.8 Å². The predicted octanol–water partition coefficient (Wildman–Crippen LogP) is 8.45. The number of aromatic nitrogens is 2. The van der Waals surface area contributed by atoms with Crippen molar-refractivity contribution in [2.45, 2.75) is 94.8 Å². The summed E-state index contributed by atoms with van der Waals surface area (Å²) in [5, 5.41) is 8.44. The van der Waals surface area contributed by atoms with Gasteiger partial charge in [0.25, 0.3) is 0 Å². The molecule has 0 saturated heterocycles. The van der Waals surface area contributed by atoms with E-state index >= 15 is 0 Å². The molecule has 1 aromatic heterocycles. The van der Waals surface area contributed by atoms with E-state index in [2.05, 4.69) is 22.1 Å². The molecule has 1 aliphatic carbocycles. The third kappa shape index (κ3) is 4.76. The van der Waals surface area contributed by atoms with Crippen LogP contribution in [0.5, 0.6) is 0 Å². The molecule has 0 amide bonds. The first-order chi connectivity index (χ1) is 18.2. The van der Waals surface area contributed by atoms with Crippen molar-refractivity contribution in [3.63, 3.8) is 0 Å². The van der Waals surface area contributed by atoms with Crippen LogP contribution in [-0.4, -0.2) is 15.6 Å². The van der Waals surface area contributed by atoms with Gasteiger partial charge in [-0.05, 0) is 55.4 Å². The minimum atomic E-state index is -4.39. The van der Waals surface area contributed by atoms with Crippen molar-refractivity contribution in [2.24, 2.45) is 0 Å². The number of halogens is 3. The summed E-state index contributed by atoms with van der Waals surface area (Å²) >= 11 is 0. The SMILES string of the molecule is CCC(CC)(CC(=O)c1cnn2c1NC(c1ccccc1)CC21CCCCC1)c1ccc(C(F)(F)F)cc1. The average molecular weight is 524 g/mol. The maximum atomic E-state index is 14.0. The summed E-state index contributed by atoms with van der Waals surface area (Å²) in [5.41, 5.74) is 1.21. The van der Waals surface area contributed by atoms with Crippen molar-refractivity contribution in [1.29, 1.82) is 0 Å². The highest BCUT2D eigenvalue weighted by molar-refractivity contribution is 6.01. The van der Waals surface area contributed by atoms with Crippen molar-refractivity contribution in [3.05, 3.63) is 83.0 Å². The summed E-state index contributed by atoms with van der Waals surface area (Å²) in [6.07, 6.45) is 5.35. The highest BCUT2D eigenvalue weighted by Gasteiger charge is 2.44. The Labute approximate surface area is 222 Å². The summed E-state index contributed by atoms with van der Waals surface area (Å²) in [4.78, 5) is 14.0. The largest absolute Gasteiger partial charge is 0.416 e. The van der Waals surface area contributed by atoms with Gasteiger partial charge in [-0.25, -0.2) is 4.68 Å². The van der Waals surface area contributed by atoms with E-state index < -0.39 is 17.2 Å². The quantitative estimate of drug-likeness (QED) is 0.316. The van der Waals surface area contributed by atoms with Gasteiger partial charge in [-0.2, -0.15) is 18.3 Å². The molecule has 3 aromatic rings. The first-order valence-electron chi connectivity index (χ1n) is 13.8. The van der Waals surface area contributed by atoms with E-state index in [1.807, 2.05) is 32.0 Å². The Kier molecular flexibility index (Phi) is 7.14. The first-order valence-corrected chi connectivity index (χ1v) is 13.8. The number of nitrogens with one attached hydrogen (secondary N) is 1. The smallest absolute Gasteiger partial charge is 0.363 e. The molecule has 5 rings (SSSR count). The van der Waals surface area contributed by atoms with Gasteiger partial charge in [0.05, 0.1) is 28.9 Å². The summed E-state index contributed by atoms with van der Waals surface area (Å²) in [6, 6.07) is 15.8. The van der Waals surface area contributed by atoms with Crippen molar-refractivity contribution in [1.82, 2.24) is 9.78 Å². The van der Waals surface area contributed by atoms with Gasteiger partial charge in [-0.3, -0.25) is 4.79 Å². The number of carbonyl (C=O) groups excluding carboxylic acids is 1. The van der Waals surface area contributed by atoms with Crippen LogP contribution in [0.3, 0.4) is 0 Å². The van der Waals surface area contributed by atoms with Crippen LogP contribution in [0, 0.1) is 0 Å². The van der Waals surface area contributed by atoms with Crippen molar-refractivity contribution in [3.8, 4) is 0 Å². The minimum Gasteiger partial charge on any atom is -0.363 e. The zero-order valence-corrected chi connectivity index (χ0v) is 22.2. The number of alkyl halides is 3. The fourth-order valence-corrected chi connectivity index (χ4v) is 6.67. The molecule has 1 saturated carbocycles. The van der Waals surface area contributed by atoms with Crippen LogP contribution in [0.2, 0.25) is 0 Å². The van der Waals surface area contributed by atoms with Gasteiger partial charge in [-0.15, -0.1) is 0 Å². The molecule has 0 radical (unpaired) electrons. The van der Waals surface area contributed by atoms with E-state index in [4.69, 9.17) is 5.10 Å². The maximum Gasteiger partial charge on any atom is 0.416 e. The van der Waals surface area contributed by atoms with Gasteiger partial charge in [0.15, 0.2) is 5.78 Å². The molecule has 2 aliphatic rings. The Bertz CT molecular complexity index is 1250. The second-order valence-corrected chi connectivity index (χ2v) is 11.1. The highest BCUT2D eigenvalue weighted by atomic mass is 19.4. The van der Waals surface area contributed by atoms with Gasteiger partial charge in [0.2, 0.25) is 0 Å². The number of hydrogen-bond donors (Lipinski definition) is 1. The van der Waals surface area contributed by atoms with Crippen LogP contribution < -0.4 is 5.32 Å². The van der Waals surface area contributed by atoms with E-state index in [1.54, 1.807) is 6.20 Å². The van der Waals surface area contributed by atoms with Gasteiger partial charge < -0.3 is 5.32 Å². The van der Waals surface area contributed by atoms with Crippen molar-refractivity contribution in [2.75, 3.05) is 5.32 Å². The number of ketones is 1. The number of rotatable bonds is 7. The van der Waals surface area contributed by atoms with E-state index in [-0.39, 0.29) is 23.8 Å². The number of Topliss-reactive ketones (excluding diaryl/α,β-unsaturated/α-hetero) is 1. The Hall–Kier alpha value is -3.09. The average Bonchev–Trinajstić information content (AvgIpc) is 3.38. The van der Waals surface area contributed by atoms with Crippen LogP contribution >= 0.6 is 0 Å². The lowest BCUT2D eigenvalue weighted by molar-refractivity contribution is -0.137. The molecule has 38 heavy (non-hydrogen) atoms. The fourth-order valence-electron chi connectivity index (χ4n) is 6.67. The van der Waals surface area contributed by atoms with Crippen LogP contribution in [0.1, 0.15) is 105 Å². The van der Waals surface area contributed by atoms with E-state index in [0.29, 0.717) is 18.4 Å². The molecule has 1 atom stereocenters. The maximum absolute atomic E-state index is 14.0. The molecule has 1 unspecified atom stereocenters. The molecule has 1 spiro atoms. The Morgan fingerprint density at radius 3 is 2.21 bits per heavy atom. The Balaban J connectivity index is 1.49. The molecular formula is C31H36F3N3O. The van der Waals surface area contributed by atoms with Crippen LogP contribution in [0.4, 0.5) is 19.0 Å². The molecule has 1 N–H and O–H groups in total. The molecule has 1 fully saturated rings. The second-order valence-electron chi connectivity index (χ2n) is 11.1. The summed E-state index contributed by atoms with van der Waals surface area (Å²) < 4.78 is 41.6. The number of carbonyl (C=O) groups is 1. The molecule has 202 valence electrons. The van der Waals surface area contributed by atoms with E-state index in [1.165, 1.54) is 24.1 Å². The summed E-state index contributed by atoms with van der Waals surface area (Å²) in [5.74, 6) is 0.757. The normalized spacial score (nSPS) is 19.1. The number of anilines is 1. The van der Waals surface area contributed by atoms with E-state index in [0.717, 1.165) is 55.6 Å². The zero-order valence-electron chi connectivity index (χ0n) is 22.2. The van der Waals surface area contributed by atoms with Gasteiger partial charge in [0.1, 0.15) is 5.82 Å². The second kappa shape index (κ2) is 10.2. The molecule has 4 nitrogen and oxygen atoms in total. The van der Waals surface area contributed by atoms with Crippen molar-refractivity contribution < 1.29 is 18.0 Å². The number of hydrogen-bond acceptors (Lipinski definition) is 3. The summed E-state index contributed by atoms with van der Waals surface area (Å²) in [6.45, 7) is 4.01. The molecule has 7 heteroatoms. The monoisotopic (exact) mass is 523 g/mol. The predicted molar refractivity (Wildman–Crippen MR) is 143 cm³/mol. The van der Waals surface area contributed by atoms with E-state index in [9.17, 15) is 18.0 Å². The van der Waals surface area contributed by atoms with Crippen LogP contribution in [-0.2, 0) is 17.1 Å². The van der Waals surface area contributed by atoms with Gasteiger partial charge >= 0.3 is 6.18 Å². The lowest BCUT2D eigenvalue weighted by Crippen LogP contribution is -2.44. The van der Waals surface area contributed by atoms with Gasteiger partial charge in [-0.1, -0.05) is 75.6 Å². The Morgan fingerprint density at radius 2 is 1.61 bits per heavy atom.